The van der Waals surface area contributed by atoms with Crippen LogP contribution in [0.15, 0.2) is 97.3 Å². The van der Waals surface area contributed by atoms with E-state index >= 15 is 0 Å². The minimum Gasteiger partial charge on any atom is -0.322 e. The number of hydrogen-bond donors (Lipinski definition) is 1. The third kappa shape index (κ3) is 4.64. The van der Waals surface area contributed by atoms with Crippen molar-refractivity contribution in [3.63, 3.8) is 0 Å². The molecular formula is C25H17F3N2O. The summed E-state index contributed by atoms with van der Waals surface area (Å²) >= 11 is 0. The zero-order valence-corrected chi connectivity index (χ0v) is 16.2. The number of rotatable bonds is 4. The van der Waals surface area contributed by atoms with Crippen molar-refractivity contribution >= 4 is 11.6 Å². The van der Waals surface area contributed by atoms with Crippen LogP contribution in [0.3, 0.4) is 0 Å². The van der Waals surface area contributed by atoms with Gasteiger partial charge in [0.25, 0.3) is 5.91 Å². The van der Waals surface area contributed by atoms with Gasteiger partial charge in [0.2, 0.25) is 0 Å². The van der Waals surface area contributed by atoms with Gasteiger partial charge in [-0.15, -0.1) is 0 Å². The van der Waals surface area contributed by atoms with Crippen molar-refractivity contribution in [1.82, 2.24) is 4.98 Å². The molecule has 1 N–H and O–H groups in total. The van der Waals surface area contributed by atoms with Gasteiger partial charge in [-0.05, 0) is 41.0 Å². The van der Waals surface area contributed by atoms with Crippen LogP contribution < -0.4 is 5.32 Å². The van der Waals surface area contributed by atoms with Crippen LogP contribution in [0.25, 0.3) is 22.3 Å². The van der Waals surface area contributed by atoms with Crippen LogP contribution in [-0.2, 0) is 6.18 Å². The second-order valence-corrected chi connectivity index (χ2v) is 6.91. The molecule has 1 aromatic heterocycles. The summed E-state index contributed by atoms with van der Waals surface area (Å²) in [7, 11) is 0. The van der Waals surface area contributed by atoms with Crippen LogP contribution in [0.2, 0.25) is 0 Å². The fraction of sp³-hybridized carbons (Fsp3) is 0.0400. The molecule has 1 amide bonds. The number of hydrogen-bond acceptors (Lipinski definition) is 2. The fourth-order valence-electron chi connectivity index (χ4n) is 3.30. The molecule has 3 aromatic carbocycles. The number of nitrogens with one attached hydrogen (secondary N) is 1. The van der Waals surface area contributed by atoms with Crippen molar-refractivity contribution in [2.45, 2.75) is 6.18 Å². The average molecular weight is 418 g/mol. The highest BCUT2D eigenvalue weighted by Gasteiger charge is 2.33. The quantitative estimate of drug-likeness (QED) is 0.401. The number of halogens is 3. The van der Waals surface area contributed by atoms with Gasteiger partial charge in [0, 0.05) is 23.6 Å². The Morgan fingerprint density at radius 3 is 2.23 bits per heavy atom. The lowest BCUT2D eigenvalue weighted by atomic mass is 9.99. The molecule has 4 aromatic rings. The largest absolute Gasteiger partial charge is 0.417 e. The molecule has 0 aliphatic heterocycles. The predicted octanol–water partition coefficient (Wildman–Crippen LogP) is 6.69. The second kappa shape index (κ2) is 8.44. The van der Waals surface area contributed by atoms with E-state index in [9.17, 15) is 18.0 Å². The van der Waals surface area contributed by atoms with E-state index < -0.39 is 17.6 Å². The van der Waals surface area contributed by atoms with E-state index in [0.717, 1.165) is 17.2 Å². The Morgan fingerprint density at radius 1 is 0.742 bits per heavy atom. The number of anilines is 1. The molecule has 1 heterocycles. The lowest BCUT2D eigenvalue weighted by Crippen LogP contribution is -2.12. The van der Waals surface area contributed by atoms with E-state index in [1.54, 1.807) is 36.5 Å². The summed E-state index contributed by atoms with van der Waals surface area (Å²) in [5.74, 6) is -0.397. The van der Waals surface area contributed by atoms with Gasteiger partial charge >= 0.3 is 6.18 Å². The topological polar surface area (TPSA) is 42.0 Å². The smallest absolute Gasteiger partial charge is 0.322 e. The first-order valence-electron chi connectivity index (χ1n) is 9.50. The van der Waals surface area contributed by atoms with Crippen molar-refractivity contribution in [2.75, 3.05) is 5.32 Å². The number of carbonyl (C=O) groups is 1. The normalized spacial score (nSPS) is 11.2. The van der Waals surface area contributed by atoms with Crippen molar-refractivity contribution in [3.05, 3.63) is 108 Å². The molecule has 0 aliphatic carbocycles. The van der Waals surface area contributed by atoms with Crippen LogP contribution in [0.4, 0.5) is 18.9 Å². The van der Waals surface area contributed by atoms with Gasteiger partial charge in [-0.2, -0.15) is 13.2 Å². The van der Waals surface area contributed by atoms with Crippen molar-refractivity contribution in [2.24, 2.45) is 0 Å². The van der Waals surface area contributed by atoms with E-state index in [0.29, 0.717) is 16.8 Å². The first-order chi connectivity index (χ1) is 14.9. The Balaban J connectivity index is 1.60. The zero-order valence-electron chi connectivity index (χ0n) is 16.2. The highest BCUT2D eigenvalue weighted by Crippen LogP contribution is 2.37. The van der Waals surface area contributed by atoms with E-state index in [1.807, 2.05) is 30.3 Å². The van der Waals surface area contributed by atoms with Gasteiger partial charge in [-0.3, -0.25) is 9.78 Å². The van der Waals surface area contributed by atoms with Gasteiger partial charge in [0.1, 0.15) is 0 Å². The van der Waals surface area contributed by atoms with Gasteiger partial charge in [-0.1, -0.05) is 60.7 Å². The monoisotopic (exact) mass is 418 g/mol. The first kappa shape index (κ1) is 20.3. The Morgan fingerprint density at radius 2 is 1.45 bits per heavy atom. The maximum atomic E-state index is 13.4. The SMILES string of the molecule is O=C(Nc1cccc(-c2ccccc2C(F)(F)F)c1)c1cncc(-c2ccccc2)c1. The second-order valence-electron chi connectivity index (χ2n) is 6.91. The highest BCUT2D eigenvalue weighted by atomic mass is 19.4. The summed E-state index contributed by atoms with van der Waals surface area (Å²) in [6.45, 7) is 0. The number of benzene rings is 3. The van der Waals surface area contributed by atoms with Crippen LogP contribution in [-0.4, -0.2) is 10.9 Å². The molecule has 0 bridgehead atoms. The molecule has 0 aliphatic rings. The summed E-state index contributed by atoms with van der Waals surface area (Å²) in [6.07, 6.45) is -1.36. The Bertz CT molecular complexity index is 1220. The molecule has 0 radical (unpaired) electrons. The highest BCUT2D eigenvalue weighted by molar-refractivity contribution is 6.05. The van der Waals surface area contributed by atoms with Crippen LogP contribution in [0, 0.1) is 0 Å². The number of pyridine rings is 1. The minimum absolute atomic E-state index is 0.0545. The van der Waals surface area contributed by atoms with Gasteiger partial charge in [-0.25, -0.2) is 0 Å². The van der Waals surface area contributed by atoms with Crippen LogP contribution in [0.5, 0.6) is 0 Å². The Labute approximate surface area is 177 Å². The molecule has 3 nitrogen and oxygen atoms in total. The van der Waals surface area contributed by atoms with Crippen molar-refractivity contribution in [3.8, 4) is 22.3 Å². The summed E-state index contributed by atoms with van der Waals surface area (Å²) in [4.78, 5) is 16.9. The predicted molar refractivity (Wildman–Crippen MR) is 115 cm³/mol. The third-order valence-corrected chi connectivity index (χ3v) is 4.77. The molecule has 0 fully saturated rings. The lowest BCUT2D eigenvalue weighted by molar-refractivity contribution is -0.137. The molecule has 4 rings (SSSR count). The molecule has 0 saturated carbocycles. The molecule has 154 valence electrons. The van der Waals surface area contributed by atoms with E-state index in [2.05, 4.69) is 10.3 Å². The van der Waals surface area contributed by atoms with E-state index in [1.165, 1.54) is 24.4 Å². The molecule has 6 heteroatoms. The lowest BCUT2D eigenvalue weighted by Gasteiger charge is -2.14. The molecule has 0 atom stereocenters. The standard InChI is InChI=1S/C25H17F3N2O/c26-25(27,28)23-12-5-4-11-22(23)18-9-6-10-21(14-18)30-24(31)20-13-19(15-29-16-20)17-7-2-1-3-8-17/h1-16H,(H,30,31). The van der Waals surface area contributed by atoms with Gasteiger partial charge in [0.05, 0.1) is 11.1 Å². The third-order valence-electron chi connectivity index (χ3n) is 4.77. The molecule has 0 unspecified atom stereocenters. The number of alkyl halides is 3. The molecular weight excluding hydrogens is 401 g/mol. The minimum atomic E-state index is -4.47. The number of carbonyl (C=O) groups excluding carboxylic acids is 1. The average Bonchev–Trinajstić information content (AvgIpc) is 2.79. The maximum Gasteiger partial charge on any atom is 0.417 e. The Kier molecular flexibility index (Phi) is 5.54. The van der Waals surface area contributed by atoms with Gasteiger partial charge < -0.3 is 5.32 Å². The maximum absolute atomic E-state index is 13.4. The van der Waals surface area contributed by atoms with Crippen LogP contribution >= 0.6 is 0 Å². The summed E-state index contributed by atoms with van der Waals surface area (Å²) in [5.41, 5.74) is 2.16. The molecule has 0 spiro atoms. The fourth-order valence-corrected chi connectivity index (χ4v) is 3.30. The van der Waals surface area contributed by atoms with Crippen LogP contribution in [0.1, 0.15) is 15.9 Å². The Hall–Kier alpha value is -3.93. The van der Waals surface area contributed by atoms with Crippen molar-refractivity contribution in [1.29, 1.82) is 0 Å². The summed E-state index contributed by atoms with van der Waals surface area (Å²) in [5, 5.41) is 2.75. The van der Waals surface area contributed by atoms with E-state index in [-0.39, 0.29) is 5.56 Å². The first-order valence-corrected chi connectivity index (χ1v) is 9.50. The van der Waals surface area contributed by atoms with Crippen molar-refractivity contribution < 1.29 is 18.0 Å². The van der Waals surface area contributed by atoms with E-state index in [4.69, 9.17) is 0 Å². The summed E-state index contributed by atoms with van der Waals surface area (Å²) in [6, 6.07) is 23.0. The zero-order chi connectivity index (χ0) is 21.8. The summed E-state index contributed by atoms with van der Waals surface area (Å²) < 4.78 is 40.1. The number of amides is 1. The number of aromatic nitrogens is 1. The molecule has 31 heavy (non-hydrogen) atoms. The molecule has 0 saturated heterocycles. The van der Waals surface area contributed by atoms with Gasteiger partial charge in [0.15, 0.2) is 0 Å². The number of nitrogens with zero attached hydrogens (tertiary/aromatic N) is 1.